The molecule has 0 saturated carbocycles. The van der Waals surface area contributed by atoms with E-state index in [0.717, 1.165) is 22.2 Å². The number of aryl methyl sites for hydroxylation is 1. The van der Waals surface area contributed by atoms with Crippen LogP contribution in [0.1, 0.15) is 22.5 Å². The van der Waals surface area contributed by atoms with E-state index in [1.807, 2.05) is 25.1 Å². The van der Waals surface area contributed by atoms with Gasteiger partial charge in [0.05, 0.1) is 19.9 Å². The first kappa shape index (κ1) is 13.1. The second kappa shape index (κ2) is 5.14. The topological polar surface area (TPSA) is 68.4 Å². The van der Waals surface area contributed by atoms with E-state index in [9.17, 15) is 9.59 Å². The first-order valence-corrected chi connectivity index (χ1v) is 5.83. The minimum atomic E-state index is -0.541. The molecule has 0 fully saturated rings. The Bertz CT molecular complexity index is 642. The van der Waals surface area contributed by atoms with Crippen molar-refractivity contribution in [1.82, 2.24) is 4.98 Å². The molecule has 0 radical (unpaired) electrons. The largest absolute Gasteiger partial charge is 0.497 e. The quantitative estimate of drug-likeness (QED) is 0.520. The van der Waals surface area contributed by atoms with Gasteiger partial charge in [-0.15, -0.1) is 0 Å². The lowest BCUT2D eigenvalue weighted by molar-refractivity contribution is -0.139. The minimum Gasteiger partial charge on any atom is -0.497 e. The SMILES string of the molecule is COC(=O)CC(=O)c1[nH]c2ccc(OC)cc2c1C. The van der Waals surface area contributed by atoms with Crippen LogP contribution in [0.25, 0.3) is 10.9 Å². The van der Waals surface area contributed by atoms with Gasteiger partial charge in [-0.25, -0.2) is 0 Å². The van der Waals surface area contributed by atoms with Crippen LogP contribution in [0, 0.1) is 6.92 Å². The number of carbonyl (C=O) groups is 2. The Morgan fingerprint density at radius 3 is 2.63 bits per heavy atom. The number of benzene rings is 1. The van der Waals surface area contributed by atoms with Crippen LogP contribution >= 0.6 is 0 Å². The molecule has 0 aliphatic rings. The summed E-state index contributed by atoms with van der Waals surface area (Å²) in [5, 5.41) is 0.910. The van der Waals surface area contributed by atoms with Gasteiger partial charge in [-0.3, -0.25) is 9.59 Å². The smallest absolute Gasteiger partial charge is 0.313 e. The summed E-state index contributed by atoms with van der Waals surface area (Å²) in [7, 11) is 2.85. The molecule has 0 spiro atoms. The summed E-state index contributed by atoms with van der Waals surface area (Å²) in [6, 6.07) is 5.51. The van der Waals surface area contributed by atoms with Gasteiger partial charge < -0.3 is 14.5 Å². The monoisotopic (exact) mass is 261 g/mol. The van der Waals surface area contributed by atoms with Crippen LogP contribution in [-0.2, 0) is 9.53 Å². The van der Waals surface area contributed by atoms with Crippen molar-refractivity contribution in [3.8, 4) is 5.75 Å². The number of hydrogen-bond donors (Lipinski definition) is 1. The third-order valence-electron chi connectivity index (χ3n) is 3.08. The Morgan fingerprint density at radius 1 is 1.26 bits per heavy atom. The molecule has 19 heavy (non-hydrogen) atoms. The molecule has 1 heterocycles. The molecule has 1 N–H and O–H groups in total. The number of fused-ring (bicyclic) bond motifs is 1. The maximum absolute atomic E-state index is 12.0. The van der Waals surface area contributed by atoms with Gasteiger partial charge in [0.25, 0.3) is 0 Å². The van der Waals surface area contributed by atoms with E-state index in [-0.39, 0.29) is 12.2 Å². The number of Topliss-reactive ketones (excluding diaryl/α,β-unsaturated/α-hetero) is 1. The maximum atomic E-state index is 12.0. The van der Waals surface area contributed by atoms with Crippen molar-refractivity contribution in [2.45, 2.75) is 13.3 Å². The predicted molar refractivity (Wildman–Crippen MR) is 70.6 cm³/mol. The summed E-state index contributed by atoms with van der Waals surface area (Å²) < 4.78 is 9.66. The maximum Gasteiger partial charge on any atom is 0.313 e. The number of ketones is 1. The number of carbonyl (C=O) groups excluding carboxylic acids is 2. The molecule has 2 aromatic rings. The number of methoxy groups -OCH3 is 2. The van der Waals surface area contributed by atoms with Gasteiger partial charge in [-0.05, 0) is 30.7 Å². The van der Waals surface area contributed by atoms with Gasteiger partial charge >= 0.3 is 5.97 Å². The lowest BCUT2D eigenvalue weighted by Crippen LogP contribution is -2.10. The molecule has 0 aliphatic carbocycles. The minimum absolute atomic E-state index is 0.263. The molecule has 0 unspecified atom stereocenters. The molecule has 0 bridgehead atoms. The molecular formula is C14H15NO4. The highest BCUT2D eigenvalue weighted by molar-refractivity contribution is 6.08. The standard InChI is InChI=1S/C14H15NO4/c1-8-10-6-9(18-2)4-5-11(10)15-14(8)12(16)7-13(17)19-3/h4-6,15H,7H2,1-3H3. The van der Waals surface area contributed by atoms with Crippen LogP contribution in [0.5, 0.6) is 5.75 Å². The normalized spacial score (nSPS) is 10.5. The van der Waals surface area contributed by atoms with Crippen LogP contribution in [0.4, 0.5) is 0 Å². The number of aromatic nitrogens is 1. The lowest BCUT2D eigenvalue weighted by atomic mass is 10.1. The first-order valence-electron chi connectivity index (χ1n) is 5.83. The van der Waals surface area contributed by atoms with Gasteiger partial charge in [-0.2, -0.15) is 0 Å². The molecule has 0 saturated heterocycles. The Kier molecular flexibility index (Phi) is 3.55. The van der Waals surface area contributed by atoms with Crippen LogP contribution < -0.4 is 4.74 Å². The van der Waals surface area contributed by atoms with Crippen LogP contribution in [-0.4, -0.2) is 31.0 Å². The third kappa shape index (κ3) is 2.45. The van der Waals surface area contributed by atoms with Crippen LogP contribution in [0.3, 0.4) is 0 Å². The Morgan fingerprint density at radius 2 is 2.00 bits per heavy atom. The van der Waals surface area contributed by atoms with Crippen molar-refractivity contribution >= 4 is 22.7 Å². The molecule has 0 atom stereocenters. The number of ether oxygens (including phenoxy) is 2. The molecule has 1 aromatic heterocycles. The second-order valence-corrected chi connectivity index (χ2v) is 4.21. The molecule has 5 heteroatoms. The second-order valence-electron chi connectivity index (χ2n) is 4.21. The molecular weight excluding hydrogens is 246 g/mol. The fraction of sp³-hybridized carbons (Fsp3) is 0.286. The van der Waals surface area contributed by atoms with Crippen molar-refractivity contribution in [3.63, 3.8) is 0 Å². The fourth-order valence-electron chi connectivity index (χ4n) is 2.00. The number of hydrogen-bond acceptors (Lipinski definition) is 4. The van der Waals surface area contributed by atoms with Gasteiger partial charge in [0.2, 0.25) is 0 Å². The summed E-state index contributed by atoms with van der Waals surface area (Å²) in [5.41, 5.74) is 2.09. The van der Waals surface area contributed by atoms with Gasteiger partial charge in [-0.1, -0.05) is 0 Å². The van der Waals surface area contributed by atoms with E-state index in [0.29, 0.717) is 5.69 Å². The average molecular weight is 261 g/mol. The number of nitrogens with one attached hydrogen (secondary N) is 1. The lowest BCUT2D eigenvalue weighted by Gasteiger charge is -1.99. The summed E-state index contributed by atoms with van der Waals surface area (Å²) >= 11 is 0. The zero-order valence-corrected chi connectivity index (χ0v) is 11.1. The van der Waals surface area contributed by atoms with Crippen molar-refractivity contribution in [1.29, 1.82) is 0 Å². The van der Waals surface area contributed by atoms with Gasteiger partial charge in [0.1, 0.15) is 12.2 Å². The third-order valence-corrected chi connectivity index (χ3v) is 3.08. The van der Waals surface area contributed by atoms with E-state index in [4.69, 9.17) is 4.74 Å². The number of esters is 1. The van der Waals surface area contributed by atoms with Gasteiger partial charge in [0, 0.05) is 10.9 Å². The Hall–Kier alpha value is -2.30. The summed E-state index contributed by atoms with van der Waals surface area (Å²) in [4.78, 5) is 26.2. The highest BCUT2D eigenvalue weighted by atomic mass is 16.5. The summed E-state index contributed by atoms with van der Waals surface area (Å²) in [6.07, 6.45) is -0.263. The molecule has 100 valence electrons. The van der Waals surface area contributed by atoms with E-state index in [2.05, 4.69) is 9.72 Å². The summed E-state index contributed by atoms with van der Waals surface area (Å²) in [6.45, 7) is 1.84. The van der Waals surface area contributed by atoms with Crippen molar-refractivity contribution < 1.29 is 19.1 Å². The van der Waals surface area contributed by atoms with Gasteiger partial charge in [0.15, 0.2) is 5.78 Å². The Labute approximate surface area is 110 Å². The van der Waals surface area contributed by atoms with E-state index >= 15 is 0 Å². The van der Waals surface area contributed by atoms with Crippen molar-refractivity contribution in [2.24, 2.45) is 0 Å². The van der Waals surface area contributed by atoms with E-state index < -0.39 is 5.97 Å². The number of rotatable bonds is 4. The zero-order valence-electron chi connectivity index (χ0n) is 11.1. The van der Waals surface area contributed by atoms with E-state index in [1.165, 1.54) is 7.11 Å². The molecule has 1 aromatic carbocycles. The highest BCUT2D eigenvalue weighted by Crippen LogP contribution is 2.26. The molecule has 2 rings (SSSR count). The summed E-state index contributed by atoms with van der Waals surface area (Å²) in [5.74, 6) is -0.0956. The highest BCUT2D eigenvalue weighted by Gasteiger charge is 2.18. The first-order chi connectivity index (χ1) is 9.06. The van der Waals surface area contributed by atoms with Crippen molar-refractivity contribution in [3.05, 3.63) is 29.5 Å². The van der Waals surface area contributed by atoms with E-state index in [1.54, 1.807) is 7.11 Å². The molecule has 0 aliphatic heterocycles. The van der Waals surface area contributed by atoms with Crippen LogP contribution in [0.15, 0.2) is 18.2 Å². The molecule has 0 amide bonds. The van der Waals surface area contributed by atoms with Crippen molar-refractivity contribution in [2.75, 3.05) is 14.2 Å². The predicted octanol–water partition coefficient (Wildman–Crippen LogP) is 2.23. The molecule has 5 nitrogen and oxygen atoms in total. The fourth-order valence-corrected chi connectivity index (χ4v) is 2.00. The van der Waals surface area contributed by atoms with Crippen LogP contribution in [0.2, 0.25) is 0 Å². The zero-order chi connectivity index (χ0) is 14.0. The number of H-pyrrole nitrogens is 1. The Balaban J connectivity index is 2.42. The average Bonchev–Trinajstić information content (AvgIpc) is 2.75. The number of aromatic amines is 1.